The summed E-state index contributed by atoms with van der Waals surface area (Å²) in [4.78, 5) is 29.9. The van der Waals surface area contributed by atoms with Crippen LogP contribution in [0.25, 0.3) is 0 Å². The first-order valence-electron chi connectivity index (χ1n) is 10.2. The van der Waals surface area contributed by atoms with Crippen molar-refractivity contribution in [1.82, 2.24) is 15.1 Å². The minimum atomic E-state index is -0.185. The van der Waals surface area contributed by atoms with E-state index in [0.29, 0.717) is 23.4 Å². The summed E-state index contributed by atoms with van der Waals surface area (Å²) in [5.74, 6) is -0.313. The predicted octanol–water partition coefficient (Wildman–Crippen LogP) is 2.36. The first-order chi connectivity index (χ1) is 14.1. The first-order valence-corrected chi connectivity index (χ1v) is 10.2. The molecule has 7 nitrogen and oxygen atoms in total. The second kappa shape index (κ2) is 8.63. The minimum absolute atomic E-state index is 0.129. The van der Waals surface area contributed by atoms with Gasteiger partial charge in [-0.05, 0) is 36.9 Å². The van der Waals surface area contributed by atoms with Gasteiger partial charge in [-0.3, -0.25) is 14.5 Å². The van der Waals surface area contributed by atoms with Gasteiger partial charge >= 0.3 is 0 Å². The number of nitrogens with zero attached hydrogens (tertiary/aromatic N) is 2. The molecule has 29 heavy (non-hydrogen) atoms. The molecule has 0 atom stereocenters. The van der Waals surface area contributed by atoms with Crippen LogP contribution in [0.15, 0.2) is 42.5 Å². The van der Waals surface area contributed by atoms with Crippen LogP contribution in [0.2, 0.25) is 0 Å². The van der Waals surface area contributed by atoms with Gasteiger partial charge in [-0.2, -0.15) is 0 Å². The average molecular weight is 393 g/mol. The molecule has 0 unspecified atom stereocenters. The number of fused-ring (bicyclic) bond motifs is 2. The summed E-state index contributed by atoms with van der Waals surface area (Å²) in [6.07, 6.45) is 0. The van der Waals surface area contributed by atoms with Crippen molar-refractivity contribution < 1.29 is 9.59 Å². The number of hydrogen-bond donors (Lipinski definition) is 3. The first kappa shape index (κ1) is 19.4. The molecule has 0 aromatic heterocycles. The Morgan fingerprint density at radius 3 is 2.52 bits per heavy atom. The highest BCUT2D eigenvalue weighted by Gasteiger charge is 2.20. The third-order valence-electron chi connectivity index (χ3n) is 5.60. The lowest BCUT2D eigenvalue weighted by molar-refractivity contribution is 0.0936. The van der Waals surface area contributed by atoms with E-state index in [0.717, 1.165) is 50.6 Å². The molecule has 152 valence electrons. The lowest BCUT2D eigenvalue weighted by Crippen LogP contribution is -2.48. The van der Waals surface area contributed by atoms with E-state index >= 15 is 0 Å². The summed E-state index contributed by atoms with van der Waals surface area (Å²) in [7, 11) is 0. The van der Waals surface area contributed by atoms with Gasteiger partial charge in [0.1, 0.15) is 0 Å². The van der Waals surface area contributed by atoms with Gasteiger partial charge in [-0.15, -0.1) is 0 Å². The topological polar surface area (TPSA) is 76.7 Å². The molecule has 3 N–H and O–H groups in total. The molecule has 2 aliphatic heterocycles. The molecule has 2 heterocycles. The number of amides is 2. The standard InChI is InChI=1S/C22H27N5O2/c1-2-26-11-13-27(14-12-26)10-9-23-21(28)16-7-8-19-20(15-16)25-22(29)17-5-3-4-6-18(17)24-19/h3-8,15,24H,2,9-14H2,1H3,(H,23,28)(H,25,29). The second-order valence-corrected chi connectivity index (χ2v) is 7.42. The molecule has 7 heteroatoms. The molecule has 0 aliphatic carbocycles. The lowest BCUT2D eigenvalue weighted by atomic mass is 10.1. The summed E-state index contributed by atoms with van der Waals surface area (Å²) < 4.78 is 0. The van der Waals surface area contributed by atoms with Gasteiger partial charge in [0.25, 0.3) is 11.8 Å². The molecule has 2 aliphatic rings. The number of carbonyl (C=O) groups excluding carboxylic acids is 2. The average Bonchev–Trinajstić information content (AvgIpc) is 2.89. The molecule has 1 saturated heterocycles. The van der Waals surface area contributed by atoms with Gasteiger partial charge in [-0.1, -0.05) is 19.1 Å². The van der Waals surface area contributed by atoms with Crippen LogP contribution in [0, 0.1) is 0 Å². The zero-order valence-electron chi connectivity index (χ0n) is 16.7. The van der Waals surface area contributed by atoms with Crippen LogP contribution in [-0.2, 0) is 0 Å². The van der Waals surface area contributed by atoms with E-state index in [1.54, 1.807) is 18.2 Å². The van der Waals surface area contributed by atoms with E-state index in [4.69, 9.17) is 0 Å². The fourth-order valence-electron chi connectivity index (χ4n) is 3.78. The van der Waals surface area contributed by atoms with Gasteiger partial charge < -0.3 is 20.9 Å². The summed E-state index contributed by atoms with van der Waals surface area (Å²) >= 11 is 0. The molecule has 2 aromatic rings. The van der Waals surface area contributed by atoms with Crippen molar-refractivity contribution >= 4 is 28.9 Å². The number of nitrogens with one attached hydrogen (secondary N) is 3. The van der Waals surface area contributed by atoms with Gasteiger partial charge in [0, 0.05) is 44.8 Å². The Kier molecular flexibility index (Phi) is 5.78. The molecule has 4 rings (SSSR count). The maximum Gasteiger partial charge on any atom is 0.257 e. The van der Waals surface area contributed by atoms with Crippen LogP contribution in [0.1, 0.15) is 27.6 Å². The number of benzene rings is 2. The molecule has 2 amide bonds. The van der Waals surface area contributed by atoms with E-state index in [1.165, 1.54) is 0 Å². The van der Waals surface area contributed by atoms with Crippen LogP contribution in [0.5, 0.6) is 0 Å². The summed E-state index contributed by atoms with van der Waals surface area (Å²) in [5.41, 5.74) is 3.25. The summed E-state index contributed by atoms with van der Waals surface area (Å²) in [5, 5.41) is 9.16. The number of piperazine rings is 1. The van der Waals surface area contributed by atoms with E-state index < -0.39 is 0 Å². The van der Waals surface area contributed by atoms with Crippen LogP contribution in [-0.4, -0.2) is 67.4 Å². The number of anilines is 3. The van der Waals surface area contributed by atoms with Crippen LogP contribution in [0.4, 0.5) is 17.1 Å². The number of carbonyl (C=O) groups is 2. The highest BCUT2D eigenvalue weighted by atomic mass is 16.2. The molecule has 2 aromatic carbocycles. The largest absolute Gasteiger partial charge is 0.353 e. The Balaban J connectivity index is 1.36. The van der Waals surface area contributed by atoms with Gasteiger partial charge in [0.15, 0.2) is 0 Å². The maximum absolute atomic E-state index is 12.6. The number of hydrogen-bond acceptors (Lipinski definition) is 5. The Bertz CT molecular complexity index is 906. The highest BCUT2D eigenvalue weighted by molar-refractivity contribution is 6.12. The van der Waals surface area contributed by atoms with E-state index in [1.807, 2.05) is 24.3 Å². The molecular weight excluding hydrogens is 366 g/mol. The van der Waals surface area contributed by atoms with Crippen molar-refractivity contribution in [3.63, 3.8) is 0 Å². The van der Waals surface area contributed by atoms with Gasteiger partial charge in [0.05, 0.1) is 22.6 Å². The monoisotopic (exact) mass is 393 g/mol. The fourth-order valence-corrected chi connectivity index (χ4v) is 3.78. The SMILES string of the molecule is CCN1CCN(CCNC(=O)c2ccc3c(c2)NC(=O)c2ccccc2N3)CC1. The molecule has 1 fully saturated rings. The van der Waals surface area contributed by atoms with Crippen molar-refractivity contribution in [2.75, 3.05) is 56.4 Å². The zero-order chi connectivity index (χ0) is 20.2. The van der Waals surface area contributed by atoms with E-state index in [2.05, 4.69) is 32.7 Å². The molecule has 0 bridgehead atoms. The highest BCUT2D eigenvalue weighted by Crippen LogP contribution is 2.32. The second-order valence-electron chi connectivity index (χ2n) is 7.42. The third kappa shape index (κ3) is 4.41. The van der Waals surface area contributed by atoms with Crippen molar-refractivity contribution in [1.29, 1.82) is 0 Å². The Labute approximate surface area is 171 Å². The molecule has 0 saturated carbocycles. The zero-order valence-corrected chi connectivity index (χ0v) is 16.7. The summed E-state index contributed by atoms with van der Waals surface area (Å²) in [6, 6.07) is 12.7. The molecular formula is C22H27N5O2. The smallest absolute Gasteiger partial charge is 0.257 e. The van der Waals surface area contributed by atoms with Crippen molar-refractivity contribution in [2.24, 2.45) is 0 Å². The van der Waals surface area contributed by atoms with E-state index in [-0.39, 0.29) is 11.8 Å². The van der Waals surface area contributed by atoms with Gasteiger partial charge in [-0.25, -0.2) is 0 Å². The van der Waals surface area contributed by atoms with Crippen LogP contribution < -0.4 is 16.0 Å². The van der Waals surface area contributed by atoms with Crippen molar-refractivity contribution in [3.8, 4) is 0 Å². The summed E-state index contributed by atoms with van der Waals surface area (Å²) in [6.45, 7) is 9.00. The number of rotatable bonds is 5. The quantitative estimate of drug-likeness (QED) is 0.727. The molecule has 0 spiro atoms. The van der Waals surface area contributed by atoms with Crippen molar-refractivity contribution in [3.05, 3.63) is 53.6 Å². The molecule has 0 radical (unpaired) electrons. The number of likely N-dealkylation sites (N-methyl/N-ethyl adjacent to an activating group) is 1. The normalized spacial score (nSPS) is 16.8. The Hall–Kier alpha value is -2.90. The lowest BCUT2D eigenvalue weighted by Gasteiger charge is -2.33. The van der Waals surface area contributed by atoms with Crippen LogP contribution in [0.3, 0.4) is 0 Å². The van der Waals surface area contributed by atoms with E-state index in [9.17, 15) is 9.59 Å². The Morgan fingerprint density at radius 1 is 0.966 bits per heavy atom. The predicted molar refractivity (Wildman–Crippen MR) is 115 cm³/mol. The van der Waals surface area contributed by atoms with Crippen molar-refractivity contribution in [2.45, 2.75) is 6.92 Å². The van der Waals surface area contributed by atoms with Crippen LogP contribution >= 0.6 is 0 Å². The van der Waals surface area contributed by atoms with Gasteiger partial charge in [0.2, 0.25) is 0 Å². The third-order valence-corrected chi connectivity index (χ3v) is 5.60. The fraction of sp³-hybridized carbons (Fsp3) is 0.364. The maximum atomic E-state index is 12.6. The Morgan fingerprint density at radius 2 is 1.72 bits per heavy atom. The number of para-hydroxylation sites is 1. The minimum Gasteiger partial charge on any atom is -0.353 e.